The molecule has 3 aromatic rings. The molecule has 3 rings (SSSR count). The van der Waals surface area contributed by atoms with Crippen LogP contribution in [0.15, 0.2) is 53.3 Å². The zero-order valence-corrected chi connectivity index (χ0v) is 18.0. The molecule has 0 aliphatic rings. The quantitative estimate of drug-likeness (QED) is 0.436. The first-order chi connectivity index (χ1) is 15.0. The third-order valence-electron chi connectivity index (χ3n) is 4.37. The molecule has 0 fully saturated rings. The van der Waals surface area contributed by atoms with Gasteiger partial charge in [-0.05, 0) is 43.3 Å². The number of aromatic nitrogens is 2. The zero-order valence-electron chi connectivity index (χ0n) is 17.2. The summed E-state index contributed by atoms with van der Waals surface area (Å²) in [6.45, 7) is 2.43. The van der Waals surface area contributed by atoms with Crippen molar-refractivity contribution in [3.63, 3.8) is 0 Å². The van der Waals surface area contributed by atoms with Crippen LogP contribution in [0.3, 0.4) is 0 Å². The molecule has 3 N–H and O–H groups in total. The lowest BCUT2D eigenvalue weighted by Crippen LogP contribution is -2.19. The monoisotopic (exact) mass is 442 g/mol. The van der Waals surface area contributed by atoms with Crippen molar-refractivity contribution in [2.75, 3.05) is 37.6 Å². The van der Waals surface area contributed by atoms with Gasteiger partial charge in [-0.15, -0.1) is 0 Å². The highest BCUT2D eigenvalue weighted by atomic mass is 35.5. The van der Waals surface area contributed by atoms with Gasteiger partial charge in [0, 0.05) is 34.6 Å². The van der Waals surface area contributed by atoms with E-state index in [0.29, 0.717) is 41.1 Å². The van der Waals surface area contributed by atoms with E-state index in [1.165, 1.54) is 0 Å². The van der Waals surface area contributed by atoms with Crippen LogP contribution in [-0.4, -0.2) is 42.8 Å². The zero-order chi connectivity index (χ0) is 22.2. The first-order valence-corrected chi connectivity index (χ1v) is 9.94. The molecule has 9 heteroatoms. The van der Waals surface area contributed by atoms with Crippen molar-refractivity contribution in [3.05, 3.63) is 69.5 Å². The van der Waals surface area contributed by atoms with Crippen LogP contribution < -0.4 is 16.2 Å². The number of H-pyrrole nitrogens is 1. The number of methoxy groups -OCH3 is 1. The van der Waals surface area contributed by atoms with E-state index in [0.717, 1.165) is 11.3 Å². The third kappa shape index (κ3) is 6.39. The minimum absolute atomic E-state index is 0.0560. The molecule has 0 unspecified atom stereocenters. The van der Waals surface area contributed by atoms with Gasteiger partial charge in [0.25, 0.3) is 5.56 Å². The van der Waals surface area contributed by atoms with E-state index in [1.807, 2.05) is 0 Å². The van der Waals surface area contributed by atoms with Crippen LogP contribution >= 0.6 is 11.6 Å². The van der Waals surface area contributed by atoms with Crippen LogP contribution in [0.4, 0.5) is 17.3 Å². The highest BCUT2D eigenvalue weighted by Gasteiger charge is 2.11. The van der Waals surface area contributed by atoms with Gasteiger partial charge in [-0.3, -0.25) is 14.6 Å². The number of benzene rings is 2. The summed E-state index contributed by atoms with van der Waals surface area (Å²) in [6.07, 6.45) is 0. The van der Waals surface area contributed by atoms with E-state index in [4.69, 9.17) is 21.1 Å². The van der Waals surface area contributed by atoms with Crippen LogP contribution in [0.2, 0.25) is 5.02 Å². The third-order valence-corrected chi connectivity index (χ3v) is 4.62. The molecule has 31 heavy (non-hydrogen) atoms. The van der Waals surface area contributed by atoms with Gasteiger partial charge in [-0.1, -0.05) is 23.7 Å². The van der Waals surface area contributed by atoms with E-state index >= 15 is 0 Å². The molecule has 2 aromatic carbocycles. The van der Waals surface area contributed by atoms with Crippen molar-refractivity contribution in [2.45, 2.75) is 6.92 Å². The molecule has 0 aliphatic heterocycles. The number of rotatable bonds is 9. The van der Waals surface area contributed by atoms with Gasteiger partial charge in [-0.25, -0.2) is 4.98 Å². The summed E-state index contributed by atoms with van der Waals surface area (Å²) in [5, 5.41) is 6.44. The molecule has 162 valence electrons. The summed E-state index contributed by atoms with van der Waals surface area (Å²) >= 11 is 5.91. The summed E-state index contributed by atoms with van der Waals surface area (Å²) in [7, 11) is 1.57. The number of ether oxygens (including phenoxy) is 2. The molecule has 0 aliphatic carbocycles. The number of hydrogen-bond donors (Lipinski definition) is 3. The molecule has 8 nitrogen and oxygen atoms in total. The lowest BCUT2D eigenvalue weighted by atomic mass is 10.1. The highest BCUT2D eigenvalue weighted by Crippen LogP contribution is 2.23. The standard InChI is InChI=1S/C22H23ClN4O4/c1-14-20(26-22(27-21(14)29)25-18-9-5-16(23)6-10-18)15-3-7-17(8-4-15)24-19(28)13-31-12-11-30-2/h3-10H,11-13H2,1-2H3,(H,24,28)(H2,25,26,27,29). The van der Waals surface area contributed by atoms with E-state index in [2.05, 4.69) is 20.6 Å². The molecule has 1 aromatic heterocycles. The molecule has 0 atom stereocenters. The number of nitrogens with one attached hydrogen (secondary N) is 3. The fourth-order valence-corrected chi connectivity index (χ4v) is 2.88. The lowest BCUT2D eigenvalue weighted by Gasteiger charge is -2.11. The molecule has 0 bridgehead atoms. The Morgan fingerprint density at radius 1 is 1.06 bits per heavy atom. The largest absolute Gasteiger partial charge is 0.382 e. The maximum absolute atomic E-state index is 12.4. The predicted octanol–water partition coefficient (Wildman–Crippen LogP) is 3.74. The topological polar surface area (TPSA) is 105 Å². The number of amides is 1. The van der Waals surface area contributed by atoms with E-state index < -0.39 is 0 Å². The number of anilines is 3. The van der Waals surface area contributed by atoms with Crippen molar-refractivity contribution in [1.29, 1.82) is 0 Å². The molecular formula is C22H23ClN4O4. The Labute approximate surface area is 184 Å². The van der Waals surface area contributed by atoms with Gasteiger partial charge >= 0.3 is 0 Å². The van der Waals surface area contributed by atoms with Crippen molar-refractivity contribution < 1.29 is 14.3 Å². The number of halogens is 1. The van der Waals surface area contributed by atoms with Crippen LogP contribution in [0.1, 0.15) is 5.56 Å². The van der Waals surface area contributed by atoms with Crippen molar-refractivity contribution >= 4 is 34.8 Å². The van der Waals surface area contributed by atoms with Gasteiger partial charge in [0.1, 0.15) is 6.61 Å². The lowest BCUT2D eigenvalue weighted by molar-refractivity contribution is -0.121. The molecule has 0 saturated heterocycles. The summed E-state index contributed by atoms with van der Waals surface area (Å²) in [5.41, 5.74) is 2.90. The normalized spacial score (nSPS) is 10.7. The molecular weight excluding hydrogens is 420 g/mol. The predicted molar refractivity (Wildman–Crippen MR) is 121 cm³/mol. The summed E-state index contributed by atoms with van der Waals surface area (Å²) in [4.78, 5) is 31.6. The first-order valence-electron chi connectivity index (χ1n) is 9.57. The van der Waals surface area contributed by atoms with Crippen molar-refractivity contribution in [3.8, 4) is 11.3 Å². The van der Waals surface area contributed by atoms with Gasteiger partial charge in [-0.2, -0.15) is 0 Å². The van der Waals surface area contributed by atoms with E-state index in [9.17, 15) is 9.59 Å². The molecule has 0 radical (unpaired) electrons. The number of hydrogen-bond acceptors (Lipinski definition) is 6. The Kier molecular flexibility index (Phi) is 7.77. The van der Waals surface area contributed by atoms with Crippen LogP contribution in [0, 0.1) is 6.92 Å². The maximum atomic E-state index is 12.4. The van der Waals surface area contributed by atoms with Crippen LogP contribution in [-0.2, 0) is 14.3 Å². The second kappa shape index (κ2) is 10.7. The van der Waals surface area contributed by atoms with Crippen molar-refractivity contribution in [2.24, 2.45) is 0 Å². The Hall–Kier alpha value is -3.20. The van der Waals surface area contributed by atoms with Gasteiger partial charge < -0.3 is 20.1 Å². The summed E-state index contributed by atoms with van der Waals surface area (Å²) in [6, 6.07) is 14.1. The number of aromatic amines is 1. The fourth-order valence-electron chi connectivity index (χ4n) is 2.76. The minimum atomic E-state index is -0.260. The number of carbonyl (C=O) groups is 1. The SMILES string of the molecule is COCCOCC(=O)Nc1ccc(-c2nc(Nc3ccc(Cl)cc3)[nH]c(=O)c2C)cc1. The molecule has 1 amide bonds. The number of nitrogens with zero attached hydrogens (tertiary/aromatic N) is 1. The van der Waals surface area contributed by atoms with Crippen LogP contribution in [0.25, 0.3) is 11.3 Å². The van der Waals surface area contributed by atoms with Crippen LogP contribution in [0.5, 0.6) is 0 Å². The summed E-state index contributed by atoms with van der Waals surface area (Å²) in [5.74, 6) is 0.0577. The van der Waals surface area contributed by atoms with Gasteiger partial charge in [0.05, 0.1) is 18.9 Å². The second-order valence-corrected chi connectivity index (χ2v) is 7.13. The average Bonchev–Trinajstić information content (AvgIpc) is 2.76. The Balaban J connectivity index is 1.73. The molecule has 0 saturated carbocycles. The van der Waals surface area contributed by atoms with E-state index in [1.54, 1.807) is 62.6 Å². The van der Waals surface area contributed by atoms with Crippen molar-refractivity contribution in [1.82, 2.24) is 9.97 Å². The Morgan fingerprint density at radius 3 is 2.42 bits per heavy atom. The maximum Gasteiger partial charge on any atom is 0.255 e. The fraction of sp³-hybridized carbons (Fsp3) is 0.227. The Bertz CT molecular complexity index is 1080. The second-order valence-electron chi connectivity index (χ2n) is 6.69. The van der Waals surface area contributed by atoms with Gasteiger partial charge in [0.15, 0.2) is 0 Å². The number of carbonyl (C=O) groups excluding carboxylic acids is 1. The highest BCUT2D eigenvalue weighted by molar-refractivity contribution is 6.30. The minimum Gasteiger partial charge on any atom is -0.382 e. The summed E-state index contributed by atoms with van der Waals surface area (Å²) < 4.78 is 10.1. The first kappa shape index (κ1) is 22.5. The van der Waals surface area contributed by atoms with Gasteiger partial charge in [0.2, 0.25) is 11.9 Å². The molecule has 1 heterocycles. The average molecular weight is 443 g/mol. The van der Waals surface area contributed by atoms with E-state index in [-0.39, 0.29) is 18.1 Å². The Morgan fingerprint density at radius 2 is 1.74 bits per heavy atom. The smallest absolute Gasteiger partial charge is 0.255 e. The molecule has 0 spiro atoms.